The van der Waals surface area contributed by atoms with Crippen molar-refractivity contribution in [3.05, 3.63) is 35.9 Å². The minimum absolute atomic E-state index is 0.175. The fraction of sp³-hybridized carbons (Fsp3) is 0.438. The van der Waals surface area contributed by atoms with Gasteiger partial charge in [-0.1, -0.05) is 18.2 Å². The quantitative estimate of drug-likeness (QED) is 0.494. The molecule has 0 heterocycles. The first-order valence-electron chi connectivity index (χ1n) is 7.58. The molecule has 138 valence electrons. The molecule has 0 spiro atoms. The number of carboxylic acid groups (broad SMARTS) is 2. The zero-order chi connectivity index (χ0) is 18.8. The molecule has 0 bridgehead atoms. The minimum atomic E-state index is -1.36. The third-order valence-corrected chi connectivity index (χ3v) is 3.91. The van der Waals surface area contributed by atoms with Gasteiger partial charge in [0.15, 0.2) is 0 Å². The second-order valence-corrected chi connectivity index (χ2v) is 5.99. The molecule has 1 aromatic rings. The van der Waals surface area contributed by atoms with E-state index in [1.54, 1.807) is 18.2 Å². The minimum Gasteiger partial charge on any atom is -0.480 e. The lowest BCUT2D eigenvalue weighted by Gasteiger charge is -2.29. The summed E-state index contributed by atoms with van der Waals surface area (Å²) in [5.41, 5.74) is 0.291. The normalized spacial score (nSPS) is 13.2. The molecule has 7 nitrogen and oxygen atoms in total. The molecule has 0 fully saturated rings. The Labute approximate surface area is 155 Å². The molecular formula is C16H20Cl2N2O5. The zero-order valence-corrected chi connectivity index (χ0v) is 14.9. The number of hydrogen-bond acceptors (Lipinski definition) is 4. The van der Waals surface area contributed by atoms with Gasteiger partial charge in [-0.2, -0.15) is 0 Å². The molecule has 3 N–H and O–H groups in total. The first kappa shape index (κ1) is 21.2. The Morgan fingerprint density at radius 2 is 1.56 bits per heavy atom. The van der Waals surface area contributed by atoms with Crippen LogP contribution in [0, 0.1) is 0 Å². The number of rotatable bonds is 11. The number of halogens is 2. The van der Waals surface area contributed by atoms with Gasteiger partial charge in [0.05, 0.1) is 0 Å². The van der Waals surface area contributed by atoms with Crippen LogP contribution in [0.25, 0.3) is 0 Å². The van der Waals surface area contributed by atoms with Crippen LogP contribution < -0.4 is 5.32 Å². The molecule has 0 aliphatic carbocycles. The highest BCUT2D eigenvalue weighted by Gasteiger charge is 2.32. The maximum atomic E-state index is 12.2. The third-order valence-electron chi connectivity index (χ3n) is 3.57. The predicted molar refractivity (Wildman–Crippen MR) is 94.4 cm³/mol. The van der Waals surface area contributed by atoms with Crippen LogP contribution in [0.1, 0.15) is 16.8 Å². The number of carboxylic acids is 2. The van der Waals surface area contributed by atoms with E-state index in [0.29, 0.717) is 5.56 Å². The summed E-state index contributed by atoms with van der Waals surface area (Å²) in [7, 11) is 0. The van der Waals surface area contributed by atoms with Crippen molar-refractivity contribution in [2.75, 3.05) is 24.8 Å². The summed E-state index contributed by atoms with van der Waals surface area (Å²) in [6.07, 6.45) is -0.309. The van der Waals surface area contributed by atoms with Gasteiger partial charge in [-0.3, -0.25) is 14.5 Å². The van der Waals surface area contributed by atoms with Gasteiger partial charge in [0.25, 0.3) is 5.91 Å². The van der Waals surface area contributed by atoms with E-state index in [9.17, 15) is 24.6 Å². The molecule has 25 heavy (non-hydrogen) atoms. The lowest BCUT2D eigenvalue weighted by molar-refractivity contribution is -0.145. The van der Waals surface area contributed by atoms with E-state index in [-0.39, 0.29) is 31.3 Å². The molecule has 1 amide bonds. The molecule has 0 aromatic heterocycles. The topological polar surface area (TPSA) is 107 Å². The molecule has 0 aliphatic rings. The van der Waals surface area contributed by atoms with Gasteiger partial charge in [-0.15, -0.1) is 23.2 Å². The van der Waals surface area contributed by atoms with Crippen molar-refractivity contribution in [3.8, 4) is 0 Å². The van der Waals surface area contributed by atoms with E-state index < -0.39 is 29.9 Å². The van der Waals surface area contributed by atoms with E-state index >= 15 is 0 Å². The van der Waals surface area contributed by atoms with E-state index in [4.69, 9.17) is 23.2 Å². The second-order valence-electron chi connectivity index (χ2n) is 5.23. The van der Waals surface area contributed by atoms with E-state index in [1.165, 1.54) is 17.0 Å². The first-order valence-corrected chi connectivity index (χ1v) is 8.65. The lowest BCUT2D eigenvalue weighted by Crippen LogP contribution is -2.50. The summed E-state index contributed by atoms with van der Waals surface area (Å²) < 4.78 is 0. The molecule has 1 unspecified atom stereocenters. The summed E-state index contributed by atoms with van der Waals surface area (Å²) in [5, 5.41) is 21.2. The number of benzene rings is 1. The average molecular weight is 391 g/mol. The number of alkyl halides is 2. The van der Waals surface area contributed by atoms with Crippen molar-refractivity contribution in [1.82, 2.24) is 10.2 Å². The Morgan fingerprint density at radius 3 is 2.00 bits per heavy atom. The largest absolute Gasteiger partial charge is 0.480 e. The van der Waals surface area contributed by atoms with Gasteiger partial charge in [0.1, 0.15) is 12.1 Å². The number of aliphatic carboxylic acids is 2. The Balaban J connectivity index is 2.90. The summed E-state index contributed by atoms with van der Waals surface area (Å²) >= 11 is 11.4. The number of carbonyl (C=O) groups is 3. The highest BCUT2D eigenvalue weighted by molar-refractivity contribution is 6.18. The molecule has 9 heteroatoms. The van der Waals surface area contributed by atoms with Crippen molar-refractivity contribution >= 4 is 41.0 Å². The summed E-state index contributed by atoms with van der Waals surface area (Å²) in [4.78, 5) is 36.7. The molecule has 1 aromatic carbocycles. The monoisotopic (exact) mass is 390 g/mol. The van der Waals surface area contributed by atoms with Crippen LogP contribution in [0.4, 0.5) is 0 Å². The second kappa shape index (κ2) is 10.9. The number of nitrogens with one attached hydrogen (secondary N) is 1. The molecular weight excluding hydrogens is 371 g/mol. The van der Waals surface area contributed by atoms with Crippen molar-refractivity contribution in [1.29, 1.82) is 0 Å². The van der Waals surface area contributed by atoms with Crippen molar-refractivity contribution in [2.45, 2.75) is 18.5 Å². The van der Waals surface area contributed by atoms with Crippen molar-refractivity contribution in [3.63, 3.8) is 0 Å². The Morgan fingerprint density at radius 1 is 1.00 bits per heavy atom. The molecule has 0 saturated carbocycles. The van der Waals surface area contributed by atoms with Crippen LogP contribution in [0.2, 0.25) is 0 Å². The van der Waals surface area contributed by atoms with Crippen molar-refractivity contribution < 1.29 is 24.6 Å². The average Bonchev–Trinajstić information content (AvgIpc) is 2.58. The predicted octanol–water partition coefficient (Wildman–Crippen LogP) is 1.49. The standard InChI is InChI=1S/C16H20Cl2N2O5/c17-6-8-20(9-7-18)13(16(24)25)10-12(15(22)23)19-14(21)11-4-2-1-3-5-11/h1-5,12-13H,6-10H2,(H,19,21)(H,22,23)(H,24,25)/t12-,13?/m0/s1. The highest BCUT2D eigenvalue weighted by atomic mass is 35.5. The maximum Gasteiger partial charge on any atom is 0.326 e. The fourth-order valence-corrected chi connectivity index (χ4v) is 2.76. The van der Waals surface area contributed by atoms with Crippen LogP contribution in [0.5, 0.6) is 0 Å². The van der Waals surface area contributed by atoms with Gasteiger partial charge in [-0.05, 0) is 12.1 Å². The van der Waals surface area contributed by atoms with Gasteiger partial charge >= 0.3 is 11.9 Å². The summed E-state index contributed by atoms with van der Waals surface area (Å²) in [6, 6.07) is 5.60. The summed E-state index contributed by atoms with van der Waals surface area (Å²) in [6.45, 7) is 0.481. The Hall–Kier alpha value is -1.83. The van der Waals surface area contributed by atoms with E-state index in [0.717, 1.165) is 0 Å². The molecule has 2 atom stereocenters. The smallest absolute Gasteiger partial charge is 0.326 e. The van der Waals surface area contributed by atoms with Gasteiger partial charge in [-0.25, -0.2) is 4.79 Å². The first-order chi connectivity index (χ1) is 11.9. The lowest BCUT2D eigenvalue weighted by atomic mass is 10.0. The third kappa shape index (κ3) is 6.89. The van der Waals surface area contributed by atoms with Gasteiger partial charge in [0, 0.05) is 36.8 Å². The van der Waals surface area contributed by atoms with E-state index in [1.807, 2.05) is 0 Å². The van der Waals surface area contributed by atoms with E-state index in [2.05, 4.69) is 5.32 Å². The number of carbonyl (C=O) groups excluding carboxylic acids is 1. The number of nitrogens with zero attached hydrogens (tertiary/aromatic N) is 1. The van der Waals surface area contributed by atoms with Crippen LogP contribution in [-0.4, -0.2) is 69.9 Å². The Kier molecular flexibility index (Phi) is 9.26. The van der Waals surface area contributed by atoms with Crippen molar-refractivity contribution in [2.24, 2.45) is 0 Å². The molecule has 0 radical (unpaired) electrons. The van der Waals surface area contributed by atoms with Crippen LogP contribution in [0.3, 0.4) is 0 Å². The molecule has 0 aliphatic heterocycles. The SMILES string of the molecule is O=C(N[C@@H](CC(C(=O)O)N(CCCl)CCCl)C(=O)O)c1ccccc1. The highest BCUT2D eigenvalue weighted by Crippen LogP contribution is 2.11. The zero-order valence-electron chi connectivity index (χ0n) is 13.4. The number of hydrogen-bond donors (Lipinski definition) is 3. The van der Waals surface area contributed by atoms with Crippen LogP contribution in [-0.2, 0) is 9.59 Å². The molecule has 0 saturated heterocycles. The number of amides is 1. The van der Waals surface area contributed by atoms with Crippen LogP contribution >= 0.6 is 23.2 Å². The molecule has 1 rings (SSSR count). The summed E-state index contributed by atoms with van der Waals surface area (Å²) in [5.74, 6) is -2.75. The van der Waals surface area contributed by atoms with Gasteiger partial charge < -0.3 is 15.5 Å². The van der Waals surface area contributed by atoms with Gasteiger partial charge in [0.2, 0.25) is 0 Å². The maximum absolute atomic E-state index is 12.2. The fourth-order valence-electron chi connectivity index (χ4n) is 2.32. The Bertz CT molecular complexity index is 579. The van der Waals surface area contributed by atoms with Crippen LogP contribution in [0.15, 0.2) is 30.3 Å².